The maximum absolute atomic E-state index is 12.5. The van der Waals surface area contributed by atoms with E-state index in [1.807, 2.05) is 79.1 Å². The molecule has 4 rings (SSSR count). The molecule has 156 valence electrons. The third-order valence-electron chi connectivity index (χ3n) is 4.98. The first kappa shape index (κ1) is 20.8. The Labute approximate surface area is 185 Å². The highest BCUT2D eigenvalue weighted by atomic mass is 32.2. The van der Waals surface area contributed by atoms with Gasteiger partial charge in [-0.2, -0.15) is 0 Å². The second kappa shape index (κ2) is 9.57. The number of nitrogens with zero attached hydrogens (tertiary/aromatic N) is 4. The van der Waals surface area contributed by atoms with Gasteiger partial charge in [-0.25, -0.2) is 0 Å². The van der Waals surface area contributed by atoms with Gasteiger partial charge in [-0.3, -0.25) is 14.3 Å². The fourth-order valence-corrected chi connectivity index (χ4v) is 4.03. The highest BCUT2D eigenvalue weighted by molar-refractivity contribution is 7.99. The van der Waals surface area contributed by atoms with Crippen LogP contribution in [-0.2, 0) is 11.3 Å². The number of pyridine rings is 1. The molecule has 2 aromatic carbocycles. The minimum absolute atomic E-state index is 0.0458. The molecule has 0 unspecified atom stereocenters. The molecule has 0 fully saturated rings. The van der Waals surface area contributed by atoms with Crippen LogP contribution >= 0.6 is 11.8 Å². The van der Waals surface area contributed by atoms with Crippen LogP contribution in [0.5, 0.6) is 0 Å². The van der Waals surface area contributed by atoms with E-state index in [2.05, 4.69) is 20.5 Å². The van der Waals surface area contributed by atoms with Crippen molar-refractivity contribution in [3.05, 3.63) is 89.7 Å². The Kier molecular flexibility index (Phi) is 6.43. The van der Waals surface area contributed by atoms with Gasteiger partial charge in [-0.15, -0.1) is 10.2 Å². The standard InChI is InChI=1S/C24H23N5OS/c1-17-8-3-5-10-19(17)15-26-22(30)16-31-24-28-27-23(20-11-7-13-25-14-20)29(24)21-12-6-4-9-18(21)2/h3-14H,15-16H2,1-2H3,(H,26,30). The van der Waals surface area contributed by atoms with Crippen molar-refractivity contribution in [1.82, 2.24) is 25.1 Å². The number of aromatic nitrogens is 4. The lowest BCUT2D eigenvalue weighted by Gasteiger charge is -2.13. The van der Waals surface area contributed by atoms with Gasteiger partial charge >= 0.3 is 0 Å². The van der Waals surface area contributed by atoms with Crippen LogP contribution in [0.15, 0.2) is 78.2 Å². The van der Waals surface area contributed by atoms with Crippen LogP contribution in [0.4, 0.5) is 0 Å². The first-order chi connectivity index (χ1) is 15.1. The summed E-state index contributed by atoms with van der Waals surface area (Å²) in [6.07, 6.45) is 3.49. The van der Waals surface area contributed by atoms with E-state index in [0.717, 1.165) is 27.9 Å². The van der Waals surface area contributed by atoms with Gasteiger partial charge in [-0.1, -0.05) is 54.2 Å². The number of nitrogens with one attached hydrogen (secondary N) is 1. The Morgan fingerprint density at radius 1 is 0.968 bits per heavy atom. The van der Waals surface area contributed by atoms with Gasteiger partial charge < -0.3 is 5.32 Å². The summed E-state index contributed by atoms with van der Waals surface area (Å²) < 4.78 is 1.99. The molecule has 6 nitrogen and oxygen atoms in total. The minimum atomic E-state index is -0.0458. The molecular formula is C24H23N5OS. The Bertz CT molecular complexity index is 1190. The van der Waals surface area contributed by atoms with Crippen molar-refractivity contribution in [3.8, 4) is 17.1 Å². The van der Waals surface area contributed by atoms with Gasteiger partial charge in [0.2, 0.25) is 5.91 Å². The number of carbonyl (C=O) groups is 1. The van der Waals surface area contributed by atoms with Crippen molar-refractivity contribution in [1.29, 1.82) is 0 Å². The molecule has 0 aliphatic carbocycles. The van der Waals surface area contributed by atoms with Crippen molar-refractivity contribution in [2.45, 2.75) is 25.5 Å². The smallest absolute Gasteiger partial charge is 0.230 e. The summed E-state index contributed by atoms with van der Waals surface area (Å²) in [6.45, 7) is 4.60. The van der Waals surface area contributed by atoms with Gasteiger partial charge in [0.15, 0.2) is 11.0 Å². The zero-order valence-electron chi connectivity index (χ0n) is 17.4. The summed E-state index contributed by atoms with van der Waals surface area (Å²) in [6, 6.07) is 19.9. The number of hydrogen-bond donors (Lipinski definition) is 1. The first-order valence-corrected chi connectivity index (χ1v) is 11.0. The Morgan fingerprint density at radius 2 is 1.74 bits per heavy atom. The Morgan fingerprint density at radius 3 is 2.48 bits per heavy atom. The van der Waals surface area contributed by atoms with Crippen molar-refractivity contribution in [3.63, 3.8) is 0 Å². The largest absolute Gasteiger partial charge is 0.351 e. The number of rotatable bonds is 7. The minimum Gasteiger partial charge on any atom is -0.351 e. The van der Waals surface area contributed by atoms with E-state index in [4.69, 9.17) is 0 Å². The molecule has 0 saturated heterocycles. The second-order valence-electron chi connectivity index (χ2n) is 7.16. The molecule has 0 bridgehead atoms. The van der Waals surface area contributed by atoms with E-state index in [0.29, 0.717) is 17.5 Å². The molecule has 0 radical (unpaired) electrons. The molecule has 4 aromatic rings. The zero-order chi connectivity index (χ0) is 21.6. The van der Waals surface area contributed by atoms with Crippen molar-refractivity contribution in [2.24, 2.45) is 0 Å². The molecule has 1 amide bonds. The molecule has 7 heteroatoms. The number of hydrogen-bond acceptors (Lipinski definition) is 5. The Hall–Kier alpha value is -3.45. The van der Waals surface area contributed by atoms with E-state index in [1.165, 1.54) is 11.8 Å². The molecule has 2 aromatic heterocycles. The summed E-state index contributed by atoms with van der Waals surface area (Å²) in [7, 11) is 0. The number of aryl methyl sites for hydroxylation is 2. The average molecular weight is 430 g/mol. The van der Waals surface area contributed by atoms with Gasteiger partial charge in [0, 0.05) is 24.5 Å². The predicted octanol–water partition coefficient (Wildman–Crippen LogP) is 4.35. The monoisotopic (exact) mass is 429 g/mol. The topological polar surface area (TPSA) is 72.7 Å². The van der Waals surface area contributed by atoms with Crippen LogP contribution in [0, 0.1) is 13.8 Å². The van der Waals surface area contributed by atoms with Crippen LogP contribution in [0.1, 0.15) is 16.7 Å². The van der Waals surface area contributed by atoms with Crippen LogP contribution in [0.3, 0.4) is 0 Å². The molecular weight excluding hydrogens is 406 g/mol. The molecule has 31 heavy (non-hydrogen) atoms. The molecule has 0 aliphatic heterocycles. The fraction of sp³-hybridized carbons (Fsp3) is 0.167. The van der Waals surface area contributed by atoms with Crippen molar-refractivity contribution in [2.75, 3.05) is 5.75 Å². The summed E-state index contributed by atoms with van der Waals surface area (Å²) in [4.78, 5) is 16.7. The quantitative estimate of drug-likeness (QED) is 0.442. The zero-order valence-corrected chi connectivity index (χ0v) is 18.3. The van der Waals surface area contributed by atoms with Gasteiger partial charge in [0.25, 0.3) is 0 Å². The van der Waals surface area contributed by atoms with E-state index >= 15 is 0 Å². The van der Waals surface area contributed by atoms with Crippen molar-refractivity contribution < 1.29 is 4.79 Å². The summed E-state index contributed by atoms with van der Waals surface area (Å²) >= 11 is 1.37. The van der Waals surface area contributed by atoms with Crippen LogP contribution < -0.4 is 5.32 Å². The second-order valence-corrected chi connectivity index (χ2v) is 8.10. The average Bonchev–Trinajstić information content (AvgIpc) is 3.22. The van der Waals surface area contributed by atoms with Gasteiger partial charge in [0.1, 0.15) is 0 Å². The van der Waals surface area contributed by atoms with E-state index in [-0.39, 0.29) is 11.7 Å². The van der Waals surface area contributed by atoms with Gasteiger partial charge in [0.05, 0.1) is 11.4 Å². The summed E-state index contributed by atoms with van der Waals surface area (Å²) in [5.41, 5.74) is 5.22. The maximum atomic E-state index is 12.5. The molecule has 0 aliphatic rings. The van der Waals surface area contributed by atoms with E-state index < -0.39 is 0 Å². The summed E-state index contributed by atoms with van der Waals surface area (Å²) in [5, 5.41) is 12.4. The lowest BCUT2D eigenvalue weighted by atomic mass is 10.1. The third-order valence-corrected chi connectivity index (χ3v) is 5.91. The Balaban J connectivity index is 1.54. The number of amides is 1. The lowest BCUT2D eigenvalue weighted by molar-refractivity contribution is -0.118. The lowest BCUT2D eigenvalue weighted by Crippen LogP contribution is -2.25. The van der Waals surface area contributed by atoms with Crippen LogP contribution in [-0.4, -0.2) is 31.4 Å². The summed E-state index contributed by atoms with van der Waals surface area (Å²) in [5.74, 6) is 0.906. The highest BCUT2D eigenvalue weighted by Crippen LogP contribution is 2.29. The number of para-hydroxylation sites is 1. The fourth-order valence-electron chi connectivity index (χ4n) is 3.26. The number of carbonyl (C=O) groups excluding carboxylic acids is 1. The van der Waals surface area contributed by atoms with Crippen molar-refractivity contribution >= 4 is 17.7 Å². The molecule has 0 atom stereocenters. The highest BCUT2D eigenvalue weighted by Gasteiger charge is 2.18. The molecule has 0 saturated carbocycles. The first-order valence-electron chi connectivity index (χ1n) is 9.99. The third kappa shape index (κ3) is 4.83. The van der Waals surface area contributed by atoms with Crippen LogP contribution in [0.25, 0.3) is 17.1 Å². The maximum Gasteiger partial charge on any atom is 0.230 e. The van der Waals surface area contributed by atoms with Gasteiger partial charge in [-0.05, 0) is 48.7 Å². The molecule has 1 N–H and O–H groups in total. The normalized spacial score (nSPS) is 10.8. The predicted molar refractivity (Wildman–Crippen MR) is 123 cm³/mol. The molecule has 2 heterocycles. The number of benzene rings is 2. The SMILES string of the molecule is Cc1ccccc1CNC(=O)CSc1nnc(-c2cccnc2)n1-c1ccccc1C. The van der Waals surface area contributed by atoms with E-state index in [1.54, 1.807) is 12.4 Å². The van der Waals surface area contributed by atoms with E-state index in [9.17, 15) is 4.79 Å². The molecule has 0 spiro atoms. The van der Waals surface area contributed by atoms with Crippen LogP contribution in [0.2, 0.25) is 0 Å². The number of thioether (sulfide) groups is 1.